The molecule has 0 spiro atoms. The van der Waals surface area contributed by atoms with Crippen LogP contribution in [0.3, 0.4) is 0 Å². The molecule has 88 valence electrons. The molecule has 2 aromatic rings. The molecule has 2 N–H and O–H groups in total. The van der Waals surface area contributed by atoms with Gasteiger partial charge in [-0.15, -0.1) is 0 Å². The molecule has 0 unspecified atom stereocenters. The van der Waals surface area contributed by atoms with Crippen LogP contribution in [0.5, 0.6) is 0 Å². The first kappa shape index (κ1) is 12.4. The van der Waals surface area contributed by atoms with Crippen LogP contribution in [0.2, 0.25) is 0 Å². The Hall–Kier alpha value is -1.07. The van der Waals surface area contributed by atoms with Crippen LogP contribution in [0.1, 0.15) is 11.1 Å². The number of aryl methyl sites for hydroxylation is 2. The smallest absolute Gasteiger partial charge is 0.0580 e. The zero-order valence-electron chi connectivity index (χ0n) is 9.94. The van der Waals surface area contributed by atoms with Crippen LogP contribution in [0.15, 0.2) is 42.5 Å². The lowest BCUT2D eigenvalue weighted by atomic mass is 10.1. The summed E-state index contributed by atoms with van der Waals surface area (Å²) in [7, 11) is 0. The van der Waals surface area contributed by atoms with Crippen LogP contribution >= 0.6 is 22.6 Å². The second-order valence-electron chi connectivity index (χ2n) is 4.19. The molecule has 3 heteroatoms. The molecule has 2 aromatic carbocycles. The van der Waals surface area contributed by atoms with Crippen molar-refractivity contribution in [2.75, 3.05) is 5.01 Å². The van der Waals surface area contributed by atoms with Crippen LogP contribution in [0, 0.1) is 17.4 Å². The van der Waals surface area contributed by atoms with Crippen molar-refractivity contribution >= 4 is 34.0 Å². The summed E-state index contributed by atoms with van der Waals surface area (Å²) in [6, 6.07) is 14.5. The topological polar surface area (TPSA) is 29.3 Å². The van der Waals surface area contributed by atoms with Crippen molar-refractivity contribution in [3.05, 3.63) is 57.2 Å². The molecule has 0 aliphatic rings. The van der Waals surface area contributed by atoms with E-state index in [2.05, 4.69) is 66.8 Å². The number of hydrazine groups is 1. The van der Waals surface area contributed by atoms with Gasteiger partial charge in [-0.2, -0.15) is 0 Å². The van der Waals surface area contributed by atoms with E-state index >= 15 is 0 Å². The third-order valence-electron chi connectivity index (χ3n) is 2.59. The van der Waals surface area contributed by atoms with Crippen LogP contribution in [0.25, 0.3) is 0 Å². The normalized spacial score (nSPS) is 10.4. The first-order chi connectivity index (χ1) is 8.06. The first-order valence-electron chi connectivity index (χ1n) is 5.45. The van der Waals surface area contributed by atoms with E-state index in [9.17, 15) is 0 Å². The zero-order valence-corrected chi connectivity index (χ0v) is 12.1. The predicted octanol–water partition coefficient (Wildman–Crippen LogP) is 3.92. The highest BCUT2D eigenvalue weighted by molar-refractivity contribution is 14.1. The van der Waals surface area contributed by atoms with Crippen molar-refractivity contribution in [3.8, 4) is 0 Å². The summed E-state index contributed by atoms with van der Waals surface area (Å²) in [5, 5.41) is 1.72. The standard InChI is InChI=1S/C14H15IN2/c1-10-7-11(2)9-14(8-10)17(16)13-5-3-12(15)4-6-13/h3-9H,16H2,1-2H3. The second kappa shape index (κ2) is 5.06. The Labute approximate surface area is 116 Å². The summed E-state index contributed by atoms with van der Waals surface area (Å²) in [4.78, 5) is 0. The van der Waals surface area contributed by atoms with Gasteiger partial charge in [0.2, 0.25) is 0 Å². The van der Waals surface area contributed by atoms with Crippen molar-refractivity contribution in [2.45, 2.75) is 13.8 Å². The number of anilines is 2. The van der Waals surface area contributed by atoms with Crippen LogP contribution in [0.4, 0.5) is 11.4 Å². The molecule has 0 radical (unpaired) electrons. The molecule has 0 atom stereocenters. The van der Waals surface area contributed by atoms with E-state index in [1.807, 2.05) is 12.1 Å². The number of nitrogens with zero attached hydrogens (tertiary/aromatic N) is 1. The van der Waals surface area contributed by atoms with E-state index in [1.165, 1.54) is 14.7 Å². The van der Waals surface area contributed by atoms with Gasteiger partial charge in [0.05, 0.1) is 11.4 Å². The number of hydrogen-bond donors (Lipinski definition) is 1. The van der Waals surface area contributed by atoms with Gasteiger partial charge < -0.3 is 0 Å². The Morgan fingerprint density at radius 3 is 1.94 bits per heavy atom. The van der Waals surface area contributed by atoms with Crippen molar-refractivity contribution in [1.29, 1.82) is 0 Å². The molecule has 2 nitrogen and oxygen atoms in total. The minimum atomic E-state index is 0.996. The third-order valence-corrected chi connectivity index (χ3v) is 3.31. The quantitative estimate of drug-likeness (QED) is 0.511. The Morgan fingerprint density at radius 1 is 0.882 bits per heavy atom. The van der Waals surface area contributed by atoms with E-state index in [-0.39, 0.29) is 0 Å². The summed E-state index contributed by atoms with van der Waals surface area (Å²) in [6.45, 7) is 4.16. The maximum atomic E-state index is 6.14. The van der Waals surface area contributed by atoms with Gasteiger partial charge in [-0.3, -0.25) is 5.01 Å². The van der Waals surface area contributed by atoms with Crippen LogP contribution in [-0.2, 0) is 0 Å². The summed E-state index contributed by atoms with van der Waals surface area (Å²) < 4.78 is 1.21. The van der Waals surface area contributed by atoms with Crippen LogP contribution in [-0.4, -0.2) is 0 Å². The molecule has 0 bridgehead atoms. The molecule has 2 rings (SSSR count). The largest absolute Gasteiger partial charge is 0.280 e. The zero-order chi connectivity index (χ0) is 12.4. The molecular weight excluding hydrogens is 323 g/mol. The molecule has 17 heavy (non-hydrogen) atoms. The lowest BCUT2D eigenvalue weighted by Gasteiger charge is -2.20. The van der Waals surface area contributed by atoms with Crippen molar-refractivity contribution in [3.63, 3.8) is 0 Å². The number of rotatable bonds is 2. The summed E-state index contributed by atoms with van der Waals surface area (Å²) in [5.74, 6) is 6.14. The number of hydrogen-bond acceptors (Lipinski definition) is 2. The molecular formula is C14H15IN2. The van der Waals surface area contributed by atoms with Gasteiger partial charge >= 0.3 is 0 Å². The van der Waals surface area contributed by atoms with E-state index in [0.29, 0.717) is 0 Å². The predicted molar refractivity (Wildman–Crippen MR) is 81.4 cm³/mol. The number of benzene rings is 2. The summed E-state index contributed by atoms with van der Waals surface area (Å²) >= 11 is 2.29. The van der Waals surface area contributed by atoms with Crippen molar-refractivity contribution in [2.24, 2.45) is 5.84 Å². The SMILES string of the molecule is Cc1cc(C)cc(N(N)c2ccc(I)cc2)c1. The lowest BCUT2D eigenvalue weighted by Crippen LogP contribution is -2.24. The van der Waals surface area contributed by atoms with E-state index in [4.69, 9.17) is 5.84 Å². The monoisotopic (exact) mass is 338 g/mol. The van der Waals surface area contributed by atoms with Gasteiger partial charge in [-0.25, -0.2) is 5.84 Å². The highest BCUT2D eigenvalue weighted by atomic mass is 127. The third kappa shape index (κ3) is 2.98. The van der Waals surface area contributed by atoms with Crippen molar-refractivity contribution in [1.82, 2.24) is 0 Å². The van der Waals surface area contributed by atoms with Gasteiger partial charge in [-0.05, 0) is 84.0 Å². The van der Waals surface area contributed by atoms with Gasteiger partial charge in [0, 0.05) is 3.57 Å². The minimum Gasteiger partial charge on any atom is -0.280 e. The molecule has 0 aliphatic carbocycles. The Kier molecular flexibility index (Phi) is 3.69. The molecule has 0 aromatic heterocycles. The second-order valence-corrected chi connectivity index (χ2v) is 5.44. The number of halogens is 1. The van der Waals surface area contributed by atoms with Gasteiger partial charge in [0.1, 0.15) is 0 Å². The van der Waals surface area contributed by atoms with Crippen LogP contribution < -0.4 is 10.9 Å². The van der Waals surface area contributed by atoms with E-state index < -0.39 is 0 Å². The Balaban J connectivity index is 2.36. The maximum Gasteiger partial charge on any atom is 0.0580 e. The lowest BCUT2D eigenvalue weighted by molar-refractivity contribution is 1.08. The fraction of sp³-hybridized carbons (Fsp3) is 0.143. The first-order valence-corrected chi connectivity index (χ1v) is 6.53. The Morgan fingerprint density at radius 2 is 1.41 bits per heavy atom. The molecule has 0 fully saturated rings. The average molecular weight is 338 g/mol. The summed E-state index contributed by atoms with van der Waals surface area (Å²) in [5.41, 5.74) is 4.46. The maximum absolute atomic E-state index is 6.14. The van der Waals surface area contributed by atoms with Gasteiger partial charge in [0.25, 0.3) is 0 Å². The highest BCUT2D eigenvalue weighted by Crippen LogP contribution is 2.24. The Bertz CT molecular complexity index is 500. The highest BCUT2D eigenvalue weighted by Gasteiger charge is 2.05. The van der Waals surface area contributed by atoms with Crippen molar-refractivity contribution < 1.29 is 0 Å². The fourth-order valence-electron chi connectivity index (χ4n) is 1.84. The average Bonchev–Trinajstić information content (AvgIpc) is 2.28. The molecule has 0 saturated heterocycles. The molecule has 0 saturated carbocycles. The molecule has 0 amide bonds. The van der Waals surface area contributed by atoms with E-state index in [1.54, 1.807) is 5.01 Å². The molecule has 0 heterocycles. The van der Waals surface area contributed by atoms with Gasteiger partial charge in [-0.1, -0.05) is 6.07 Å². The van der Waals surface area contributed by atoms with E-state index in [0.717, 1.165) is 11.4 Å². The number of nitrogens with two attached hydrogens (primary N) is 1. The minimum absolute atomic E-state index is 0.996. The fourth-order valence-corrected chi connectivity index (χ4v) is 2.20. The molecule has 0 aliphatic heterocycles. The summed E-state index contributed by atoms with van der Waals surface area (Å²) in [6.07, 6.45) is 0. The van der Waals surface area contributed by atoms with Gasteiger partial charge in [0.15, 0.2) is 0 Å².